The first kappa shape index (κ1) is 14.6. The molecule has 0 radical (unpaired) electrons. The molecule has 1 N–H and O–H groups in total. The van der Waals surface area contributed by atoms with Crippen molar-refractivity contribution in [1.29, 1.82) is 0 Å². The minimum absolute atomic E-state index is 0.0708. The Morgan fingerprint density at radius 1 is 1.00 bits per heavy atom. The number of rotatable bonds is 7. The predicted octanol–water partition coefficient (Wildman–Crippen LogP) is 3.87. The highest BCUT2D eigenvalue weighted by atomic mass is 16.6. The van der Waals surface area contributed by atoms with Crippen molar-refractivity contribution in [3.8, 4) is 5.75 Å². The van der Waals surface area contributed by atoms with E-state index in [0.717, 1.165) is 16.9 Å². The molecule has 0 spiro atoms. The van der Waals surface area contributed by atoms with Crippen LogP contribution < -0.4 is 10.2 Å². The topological polar surface area (TPSA) is 30.5 Å². The van der Waals surface area contributed by atoms with Crippen LogP contribution in [0.1, 0.15) is 31.0 Å². The smallest absolute Gasteiger partial charge is 0.124 e. The van der Waals surface area contributed by atoms with Gasteiger partial charge in [0.1, 0.15) is 5.75 Å². The highest BCUT2D eigenvalue weighted by Gasteiger charge is 2.10. The van der Waals surface area contributed by atoms with Gasteiger partial charge in [-0.2, -0.15) is 5.48 Å². The van der Waals surface area contributed by atoms with Crippen LogP contribution in [0.5, 0.6) is 5.75 Å². The number of para-hydroxylation sites is 1. The van der Waals surface area contributed by atoms with E-state index in [1.54, 1.807) is 0 Å². The molecule has 0 heterocycles. The van der Waals surface area contributed by atoms with Crippen LogP contribution in [0.2, 0.25) is 0 Å². The molecule has 2 aromatic carbocycles. The first-order valence-corrected chi connectivity index (χ1v) is 6.94. The summed E-state index contributed by atoms with van der Waals surface area (Å²) >= 11 is 0. The maximum absolute atomic E-state index is 5.63. The zero-order valence-corrected chi connectivity index (χ0v) is 12.0. The summed E-state index contributed by atoms with van der Waals surface area (Å²) in [7, 11) is 0. The lowest BCUT2D eigenvalue weighted by atomic mass is 10.1. The quantitative estimate of drug-likeness (QED) is 0.775. The lowest BCUT2D eigenvalue weighted by Gasteiger charge is -2.17. The van der Waals surface area contributed by atoms with E-state index >= 15 is 0 Å². The Morgan fingerprint density at radius 2 is 1.70 bits per heavy atom. The molecule has 0 amide bonds. The van der Waals surface area contributed by atoms with Gasteiger partial charge in [0.25, 0.3) is 0 Å². The minimum Gasteiger partial charge on any atom is -0.494 e. The van der Waals surface area contributed by atoms with E-state index in [9.17, 15) is 0 Å². The first-order chi connectivity index (χ1) is 9.81. The largest absolute Gasteiger partial charge is 0.494 e. The second-order valence-electron chi connectivity index (χ2n) is 4.58. The molecule has 0 aliphatic heterocycles. The van der Waals surface area contributed by atoms with Crippen molar-refractivity contribution < 1.29 is 9.57 Å². The molecule has 2 aromatic rings. The number of ether oxygens (including phenoxy) is 1. The van der Waals surface area contributed by atoms with Crippen LogP contribution in [0.3, 0.4) is 0 Å². The molecule has 0 bridgehead atoms. The maximum atomic E-state index is 5.63. The lowest BCUT2D eigenvalue weighted by Crippen LogP contribution is -2.19. The third kappa shape index (κ3) is 4.08. The Labute approximate surface area is 120 Å². The van der Waals surface area contributed by atoms with Gasteiger partial charge >= 0.3 is 0 Å². The Morgan fingerprint density at radius 3 is 2.45 bits per heavy atom. The first-order valence-electron chi connectivity index (χ1n) is 6.94. The van der Waals surface area contributed by atoms with Crippen molar-refractivity contribution in [2.75, 3.05) is 6.61 Å². The van der Waals surface area contributed by atoms with E-state index in [2.05, 4.69) is 18.5 Å². The zero-order valence-electron chi connectivity index (χ0n) is 12.0. The summed E-state index contributed by atoms with van der Waals surface area (Å²) in [5.74, 6) is 0.901. The molecule has 1 atom stereocenters. The van der Waals surface area contributed by atoms with Crippen LogP contribution in [-0.2, 0) is 11.4 Å². The van der Waals surface area contributed by atoms with Crippen LogP contribution in [0, 0.1) is 0 Å². The molecule has 3 heteroatoms. The van der Waals surface area contributed by atoms with E-state index in [1.807, 2.05) is 55.5 Å². The van der Waals surface area contributed by atoms with Gasteiger partial charge in [-0.25, -0.2) is 0 Å². The minimum atomic E-state index is 0.0708. The molecular weight excluding hydrogens is 250 g/mol. The molecule has 0 saturated heterocycles. The summed E-state index contributed by atoms with van der Waals surface area (Å²) in [6.07, 6.45) is 0. The van der Waals surface area contributed by atoms with Crippen LogP contribution in [-0.4, -0.2) is 6.61 Å². The van der Waals surface area contributed by atoms with Crippen molar-refractivity contribution >= 4 is 0 Å². The number of hydroxylamine groups is 1. The van der Waals surface area contributed by atoms with Gasteiger partial charge in [-0.15, -0.1) is 0 Å². The van der Waals surface area contributed by atoms with Gasteiger partial charge in [-0.3, -0.25) is 4.84 Å². The Hall–Kier alpha value is -1.84. The Kier molecular flexibility index (Phi) is 5.59. The predicted molar refractivity (Wildman–Crippen MR) is 80.4 cm³/mol. The molecule has 3 nitrogen and oxygen atoms in total. The summed E-state index contributed by atoms with van der Waals surface area (Å²) in [6, 6.07) is 18.2. The molecule has 20 heavy (non-hydrogen) atoms. The summed E-state index contributed by atoms with van der Waals surface area (Å²) in [5.41, 5.74) is 5.31. The summed E-state index contributed by atoms with van der Waals surface area (Å²) in [6.45, 7) is 5.25. The molecule has 0 aliphatic carbocycles. The fourth-order valence-corrected chi connectivity index (χ4v) is 2.01. The average molecular weight is 271 g/mol. The van der Waals surface area contributed by atoms with Gasteiger partial charge in [-0.05, 0) is 25.5 Å². The van der Waals surface area contributed by atoms with Crippen molar-refractivity contribution in [1.82, 2.24) is 5.48 Å². The summed E-state index contributed by atoms with van der Waals surface area (Å²) in [4.78, 5) is 5.56. The fraction of sp³-hybridized carbons (Fsp3) is 0.294. The van der Waals surface area contributed by atoms with Gasteiger partial charge in [0.2, 0.25) is 0 Å². The van der Waals surface area contributed by atoms with E-state index in [4.69, 9.17) is 9.57 Å². The molecule has 106 valence electrons. The van der Waals surface area contributed by atoms with Crippen LogP contribution in [0.15, 0.2) is 54.6 Å². The van der Waals surface area contributed by atoms with E-state index < -0.39 is 0 Å². The second-order valence-corrected chi connectivity index (χ2v) is 4.58. The van der Waals surface area contributed by atoms with E-state index in [-0.39, 0.29) is 6.04 Å². The standard InChI is InChI=1S/C17H21NO2/c1-3-19-17-12-8-7-11-16(17)14(2)18-20-13-15-9-5-4-6-10-15/h4-12,14,18H,3,13H2,1-2H3. The van der Waals surface area contributed by atoms with Gasteiger partial charge < -0.3 is 4.74 Å². The van der Waals surface area contributed by atoms with Gasteiger partial charge in [-0.1, -0.05) is 48.5 Å². The number of hydrogen-bond donors (Lipinski definition) is 1. The molecule has 0 saturated carbocycles. The van der Waals surface area contributed by atoms with Gasteiger partial charge in [0, 0.05) is 5.56 Å². The van der Waals surface area contributed by atoms with E-state index in [0.29, 0.717) is 13.2 Å². The van der Waals surface area contributed by atoms with Crippen molar-refractivity contribution in [3.05, 3.63) is 65.7 Å². The number of hydrogen-bond acceptors (Lipinski definition) is 3. The van der Waals surface area contributed by atoms with Crippen LogP contribution >= 0.6 is 0 Å². The Balaban J connectivity index is 1.90. The van der Waals surface area contributed by atoms with Crippen LogP contribution in [0.25, 0.3) is 0 Å². The average Bonchev–Trinajstić information content (AvgIpc) is 2.49. The van der Waals surface area contributed by atoms with Crippen molar-refractivity contribution in [2.24, 2.45) is 0 Å². The molecule has 0 aliphatic rings. The highest BCUT2D eigenvalue weighted by molar-refractivity contribution is 5.35. The second kappa shape index (κ2) is 7.68. The summed E-state index contributed by atoms with van der Waals surface area (Å²) in [5, 5.41) is 0. The zero-order chi connectivity index (χ0) is 14.2. The van der Waals surface area contributed by atoms with Crippen molar-refractivity contribution in [3.63, 3.8) is 0 Å². The SMILES string of the molecule is CCOc1ccccc1C(C)NOCc1ccccc1. The normalized spacial score (nSPS) is 12.1. The summed E-state index contributed by atoms with van der Waals surface area (Å²) < 4.78 is 5.63. The number of benzene rings is 2. The van der Waals surface area contributed by atoms with Crippen LogP contribution in [0.4, 0.5) is 0 Å². The maximum Gasteiger partial charge on any atom is 0.124 e. The highest BCUT2D eigenvalue weighted by Crippen LogP contribution is 2.24. The third-order valence-corrected chi connectivity index (χ3v) is 3.03. The van der Waals surface area contributed by atoms with Crippen molar-refractivity contribution in [2.45, 2.75) is 26.5 Å². The molecule has 2 rings (SSSR count). The number of nitrogens with one attached hydrogen (secondary N) is 1. The molecule has 0 aromatic heterocycles. The van der Waals surface area contributed by atoms with Gasteiger partial charge in [0.15, 0.2) is 0 Å². The van der Waals surface area contributed by atoms with Gasteiger partial charge in [0.05, 0.1) is 19.3 Å². The fourth-order valence-electron chi connectivity index (χ4n) is 2.01. The third-order valence-electron chi connectivity index (χ3n) is 3.03. The lowest BCUT2D eigenvalue weighted by molar-refractivity contribution is 0.00645. The Bertz CT molecular complexity index is 513. The molecule has 1 unspecified atom stereocenters. The molecule has 0 fully saturated rings. The van der Waals surface area contributed by atoms with E-state index in [1.165, 1.54) is 0 Å². The monoisotopic (exact) mass is 271 g/mol. The molecular formula is C17H21NO2.